The Morgan fingerprint density at radius 3 is 2.77 bits per heavy atom. The van der Waals surface area contributed by atoms with Gasteiger partial charge in [0.05, 0.1) is 5.70 Å². The molecule has 0 heterocycles. The second kappa shape index (κ2) is 10.0. The molecule has 0 atom stereocenters. The zero-order chi connectivity index (χ0) is 18.9. The molecule has 0 aliphatic heterocycles. The first-order valence-electron chi connectivity index (χ1n) is 9.69. The third kappa shape index (κ3) is 5.94. The first kappa shape index (κ1) is 20.1. The van der Waals surface area contributed by atoms with Crippen molar-refractivity contribution in [3.63, 3.8) is 0 Å². The van der Waals surface area contributed by atoms with Crippen LogP contribution in [0.5, 0.6) is 5.75 Å². The Morgan fingerprint density at radius 1 is 1.23 bits per heavy atom. The number of hydrazine groups is 1. The molecule has 0 radical (unpaired) electrons. The number of hydrogen-bond donors (Lipinski definition) is 2. The van der Waals surface area contributed by atoms with Gasteiger partial charge in [-0.2, -0.15) is 0 Å². The van der Waals surface area contributed by atoms with Crippen molar-refractivity contribution in [1.82, 2.24) is 10.9 Å². The number of allylic oxidation sites excluding steroid dienone is 3. The SMILES string of the molecule is CCCCCC1=CCC=C1NNC(=O)COc1cc(C)ccc1C(C)C. The summed E-state index contributed by atoms with van der Waals surface area (Å²) in [6.45, 7) is 8.48. The largest absolute Gasteiger partial charge is 0.483 e. The monoisotopic (exact) mass is 356 g/mol. The molecule has 0 saturated heterocycles. The maximum atomic E-state index is 12.2. The zero-order valence-electron chi connectivity index (χ0n) is 16.5. The van der Waals surface area contributed by atoms with Crippen LogP contribution >= 0.6 is 0 Å². The fourth-order valence-electron chi connectivity index (χ4n) is 3.05. The molecule has 1 aliphatic rings. The molecule has 1 aromatic rings. The van der Waals surface area contributed by atoms with Gasteiger partial charge in [0.1, 0.15) is 5.75 Å². The molecule has 26 heavy (non-hydrogen) atoms. The Hall–Kier alpha value is -2.23. The summed E-state index contributed by atoms with van der Waals surface area (Å²) >= 11 is 0. The van der Waals surface area contributed by atoms with Crippen LogP contribution in [0.1, 0.15) is 69.9 Å². The predicted molar refractivity (Wildman–Crippen MR) is 107 cm³/mol. The number of ether oxygens (including phenoxy) is 1. The van der Waals surface area contributed by atoms with Gasteiger partial charge in [-0.15, -0.1) is 0 Å². The van der Waals surface area contributed by atoms with Crippen LogP contribution in [-0.2, 0) is 4.79 Å². The minimum Gasteiger partial charge on any atom is -0.483 e. The van der Waals surface area contributed by atoms with Crippen molar-refractivity contribution >= 4 is 5.91 Å². The molecule has 142 valence electrons. The van der Waals surface area contributed by atoms with Crippen LogP contribution in [0.15, 0.2) is 41.6 Å². The lowest BCUT2D eigenvalue weighted by Gasteiger charge is -2.16. The Bertz CT molecular complexity index is 675. The first-order chi connectivity index (χ1) is 12.5. The van der Waals surface area contributed by atoms with Crippen LogP contribution in [0.3, 0.4) is 0 Å². The molecule has 2 N–H and O–H groups in total. The van der Waals surface area contributed by atoms with E-state index < -0.39 is 0 Å². The molecule has 1 aromatic carbocycles. The van der Waals surface area contributed by atoms with Gasteiger partial charge in [0.15, 0.2) is 6.61 Å². The van der Waals surface area contributed by atoms with Crippen LogP contribution in [0, 0.1) is 6.92 Å². The summed E-state index contributed by atoms with van der Waals surface area (Å²) in [7, 11) is 0. The highest BCUT2D eigenvalue weighted by molar-refractivity contribution is 5.77. The fourth-order valence-corrected chi connectivity index (χ4v) is 3.05. The van der Waals surface area contributed by atoms with Crippen molar-refractivity contribution in [3.8, 4) is 5.75 Å². The summed E-state index contributed by atoms with van der Waals surface area (Å²) in [6, 6.07) is 6.13. The highest BCUT2D eigenvalue weighted by atomic mass is 16.5. The topological polar surface area (TPSA) is 50.4 Å². The van der Waals surface area contributed by atoms with Crippen molar-refractivity contribution in [3.05, 3.63) is 52.7 Å². The van der Waals surface area contributed by atoms with Gasteiger partial charge in [0.2, 0.25) is 0 Å². The third-order valence-electron chi connectivity index (χ3n) is 4.57. The lowest BCUT2D eigenvalue weighted by Crippen LogP contribution is -2.39. The van der Waals surface area contributed by atoms with E-state index in [0.29, 0.717) is 5.92 Å². The van der Waals surface area contributed by atoms with Gasteiger partial charge in [0.25, 0.3) is 5.91 Å². The quantitative estimate of drug-likeness (QED) is 0.462. The number of hydrogen-bond acceptors (Lipinski definition) is 3. The summed E-state index contributed by atoms with van der Waals surface area (Å²) < 4.78 is 5.78. The molecular formula is C22H32N2O2. The van der Waals surface area contributed by atoms with E-state index in [1.165, 1.54) is 24.8 Å². The molecular weight excluding hydrogens is 324 g/mol. The highest BCUT2D eigenvalue weighted by Crippen LogP contribution is 2.27. The zero-order valence-corrected chi connectivity index (χ0v) is 16.5. The van der Waals surface area contributed by atoms with E-state index in [0.717, 1.165) is 35.4 Å². The summed E-state index contributed by atoms with van der Waals surface area (Å²) in [4.78, 5) is 12.2. The molecule has 2 rings (SSSR count). The van der Waals surface area contributed by atoms with E-state index in [2.05, 4.69) is 55.9 Å². The summed E-state index contributed by atoms with van der Waals surface area (Å²) in [5.41, 5.74) is 10.4. The van der Waals surface area contributed by atoms with Gasteiger partial charge in [-0.05, 0) is 54.9 Å². The molecule has 4 heteroatoms. The van der Waals surface area contributed by atoms with Crippen molar-refractivity contribution in [2.24, 2.45) is 0 Å². The minimum absolute atomic E-state index is 0.00165. The molecule has 0 spiro atoms. The number of nitrogens with one attached hydrogen (secondary N) is 2. The van der Waals surface area contributed by atoms with Crippen LogP contribution in [0.25, 0.3) is 0 Å². The number of rotatable bonds is 10. The van der Waals surface area contributed by atoms with Crippen LogP contribution in [-0.4, -0.2) is 12.5 Å². The van der Waals surface area contributed by atoms with Gasteiger partial charge >= 0.3 is 0 Å². The van der Waals surface area contributed by atoms with E-state index in [-0.39, 0.29) is 12.5 Å². The Balaban J connectivity index is 1.81. The number of carbonyl (C=O) groups is 1. The van der Waals surface area contributed by atoms with E-state index in [1.54, 1.807) is 0 Å². The second-order valence-corrected chi connectivity index (χ2v) is 7.20. The van der Waals surface area contributed by atoms with Gasteiger partial charge < -0.3 is 4.74 Å². The molecule has 0 aromatic heterocycles. The van der Waals surface area contributed by atoms with Gasteiger partial charge in [0, 0.05) is 0 Å². The number of benzene rings is 1. The molecule has 4 nitrogen and oxygen atoms in total. The van der Waals surface area contributed by atoms with Crippen molar-refractivity contribution in [2.45, 2.75) is 65.7 Å². The number of amides is 1. The van der Waals surface area contributed by atoms with E-state index in [4.69, 9.17) is 4.74 Å². The van der Waals surface area contributed by atoms with Crippen molar-refractivity contribution < 1.29 is 9.53 Å². The molecule has 1 amide bonds. The minimum atomic E-state index is -0.179. The lowest BCUT2D eigenvalue weighted by molar-refractivity contribution is -0.123. The normalized spacial score (nSPS) is 13.4. The third-order valence-corrected chi connectivity index (χ3v) is 4.57. The van der Waals surface area contributed by atoms with Gasteiger partial charge in [-0.1, -0.05) is 57.9 Å². The predicted octanol–water partition coefficient (Wildman–Crippen LogP) is 4.91. The smallest absolute Gasteiger partial charge is 0.276 e. The standard InChI is InChI=1S/C22H32N2O2/c1-5-6-7-9-18-10-8-11-20(18)23-24-22(25)15-26-21-14-17(4)12-13-19(21)16(2)3/h10-14,16,23H,5-9,15H2,1-4H3,(H,24,25). The fraction of sp³-hybridized carbons (Fsp3) is 0.500. The maximum Gasteiger partial charge on any atom is 0.276 e. The number of aryl methyl sites for hydroxylation is 1. The molecule has 0 fully saturated rings. The highest BCUT2D eigenvalue weighted by Gasteiger charge is 2.12. The molecule has 0 unspecified atom stereocenters. The van der Waals surface area contributed by atoms with E-state index in [9.17, 15) is 4.79 Å². The van der Waals surface area contributed by atoms with Crippen molar-refractivity contribution in [1.29, 1.82) is 0 Å². The number of unbranched alkanes of at least 4 members (excludes halogenated alkanes) is 2. The number of carbonyl (C=O) groups excluding carboxylic acids is 1. The Morgan fingerprint density at radius 2 is 2.04 bits per heavy atom. The molecule has 0 bridgehead atoms. The average molecular weight is 357 g/mol. The second-order valence-electron chi connectivity index (χ2n) is 7.20. The van der Waals surface area contributed by atoms with Gasteiger partial charge in [-0.3, -0.25) is 15.6 Å². The first-order valence-corrected chi connectivity index (χ1v) is 9.69. The van der Waals surface area contributed by atoms with Crippen molar-refractivity contribution in [2.75, 3.05) is 6.61 Å². The summed E-state index contributed by atoms with van der Waals surface area (Å²) in [5, 5.41) is 0. The van der Waals surface area contributed by atoms with Crippen LogP contribution in [0.2, 0.25) is 0 Å². The van der Waals surface area contributed by atoms with Gasteiger partial charge in [-0.25, -0.2) is 0 Å². The van der Waals surface area contributed by atoms with E-state index in [1.807, 2.05) is 13.0 Å². The summed E-state index contributed by atoms with van der Waals surface area (Å²) in [6.07, 6.45) is 9.95. The molecule has 0 saturated carbocycles. The van der Waals surface area contributed by atoms with E-state index >= 15 is 0 Å². The average Bonchev–Trinajstić information content (AvgIpc) is 3.05. The Labute approximate surface area is 157 Å². The Kier molecular flexibility index (Phi) is 7.76. The van der Waals surface area contributed by atoms with Crippen LogP contribution in [0.4, 0.5) is 0 Å². The maximum absolute atomic E-state index is 12.2. The summed E-state index contributed by atoms with van der Waals surface area (Å²) in [5.74, 6) is 0.962. The molecule has 1 aliphatic carbocycles. The van der Waals surface area contributed by atoms with Crippen LogP contribution < -0.4 is 15.6 Å². The lowest BCUT2D eigenvalue weighted by atomic mass is 10.0.